The van der Waals surface area contributed by atoms with Gasteiger partial charge in [-0.25, -0.2) is 4.98 Å². The highest BCUT2D eigenvalue weighted by Gasteiger charge is 2.42. The van der Waals surface area contributed by atoms with Gasteiger partial charge in [-0.05, 0) is 31.9 Å². The van der Waals surface area contributed by atoms with Crippen molar-refractivity contribution < 1.29 is 9.59 Å². The summed E-state index contributed by atoms with van der Waals surface area (Å²) >= 11 is 0. The Morgan fingerprint density at radius 3 is 2.85 bits per heavy atom. The number of fused-ring (bicyclic) bond motifs is 1. The molecule has 7 nitrogen and oxygen atoms in total. The normalized spacial score (nSPS) is 20.2. The molecule has 0 radical (unpaired) electrons. The Hall–Kier alpha value is -2.70. The predicted molar refractivity (Wildman–Crippen MR) is 98.7 cm³/mol. The lowest BCUT2D eigenvalue weighted by atomic mass is 9.92. The maximum Gasteiger partial charge on any atom is 0.261 e. The molecule has 1 N–H and O–H groups in total. The molecule has 0 aliphatic carbocycles. The molecule has 138 valence electrons. The van der Waals surface area contributed by atoms with E-state index in [-0.39, 0.29) is 17.4 Å². The molecule has 1 aliphatic heterocycles. The van der Waals surface area contributed by atoms with E-state index in [2.05, 4.69) is 10.3 Å². The standard InChI is InChI=1S/C19H24N4O3/c1-3-19(2)18(26)20-10-12-23(19)16(24)9-6-11-22-13-21-15-8-5-4-7-14(15)17(22)25/h4-5,7-8,13H,3,6,9-12H2,1-2H3,(H,20,26). The number of hydrogen-bond acceptors (Lipinski definition) is 4. The van der Waals surface area contributed by atoms with Crippen molar-refractivity contribution in [1.29, 1.82) is 0 Å². The maximum absolute atomic E-state index is 12.6. The van der Waals surface area contributed by atoms with Crippen LogP contribution in [0.5, 0.6) is 0 Å². The van der Waals surface area contributed by atoms with Crippen LogP contribution in [-0.2, 0) is 16.1 Å². The van der Waals surface area contributed by atoms with Gasteiger partial charge in [-0.15, -0.1) is 0 Å². The lowest BCUT2D eigenvalue weighted by Crippen LogP contribution is -2.64. The zero-order valence-corrected chi connectivity index (χ0v) is 15.2. The van der Waals surface area contributed by atoms with Gasteiger partial charge >= 0.3 is 0 Å². The van der Waals surface area contributed by atoms with Crippen LogP contribution in [0.25, 0.3) is 10.9 Å². The van der Waals surface area contributed by atoms with Gasteiger partial charge in [0.2, 0.25) is 11.8 Å². The number of rotatable bonds is 5. The first kappa shape index (κ1) is 18.1. The van der Waals surface area contributed by atoms with Gasteiger partial charge in [-0.1, -0.05) is 19.1 Å². The van der Waals surface area contributed by atoms with Crippen molar-refractivity contribution in [3.63, 3.8) is 0 Å². The lowest BCUT2D eigenvalue weighted by Gasteiger charge is -2.43. The third kappa shape index (κ3) is 3.21. The number of nitrogens with one attached hydrogen (secondary N) is 1. The van der Waals surface area contributed by atoms with Crippen molar-refractivity contribution in [1.82, 2.24) is 19.8 Å². The van der Waals surface area contributed by atoms with Crippen molar-refractivity contribution in [2.24, 2.45) is 0 Å². The SMILES string of the molecule is CCC1(C)C(=O)NCCN1C(=O)CCCn1cnc2ccccc2c1=O. The summed E-state index contributed by atoms with van der Waals surface area (Å²) in [5.41, 5.74) is -0.224. The van der Waals surface area contributed by atoms with E-state index in [0.717, 1.165) is 0 Å². The third-order valence-corrected chi connectivity index (χ3v) is 5.22. The maximum atomic E-state index is 12.6. The number of carbonyl (C=O) groups excluding carboxylic acids is 2. The molecule has 3 rings (SSSR count). The molecule has 26 heavy (non-hydrogen) atoms. The Kier molecular flexibility index (Phi) is 5.06. The Balaban J connectivity index is 1.66. The Bertz CT molecular complexity index is 892. The van der Waals surface area contributed by atoms with E-state index in [4.69, 9.17) is 0 Å². The van der Waals surface area contributed by atoms with Gasteiger partial charge in [0.1, 0.15) is 5.54 Å². The van der Waals surface area contributed by atoms with E-state index in [9.17, 15) is 14.4 Å². The number of hydrogen-bond donors (Lipinski definition) is 1. The summed E-state index contributed by atoms with van der Waals surface area (Å²) in [5, 5.41) is 3.40. The predicted octanol–water partition coefficient (Wildman–Crippen LogP) is 1.30. The monoisotopic (exact) mass is 356 g/mol. The molecule has 2 heterocycles. The summed E-state index contributed by atoms with van der Waals surface area (Å²) in [7, 11) is 0. The molecule has 0 spiro atoms. The smallest absolute Gasteiger partial charge is 0.261 e. The van der Waals surface area contributed by atoms with E-state index in [1.165, 1.54) is 10.9 Å². The number of para-hydroxylation sites is 1. The molecule has 0 saturated carbocycles. The number of nitrogens with zero attached hydrogens (tertiary/aromatic N) is 3. The average molecular weight is 356 g/mol. The molecule has 1 fully saturated rings. The zero-order chi connectivity index (χ0) is 18.7. The van der Waals surface area contributed by atoms with Gasteiger partial charge in [-0.3, -0.25) is 19.0 Å². The second kappa shape index (κ2) is 7.27. The fourth-order valence-corrected chi connectivity index (χ4v) is 3.39. The first-order valence-electron chi connectivity index (χ1n) is 9.00. The zero-order valence-electron chi connectivity index (χ0n) is 15.2. The minimum Gasteiger partial charge on any atom is -0.352 e. The molecule has 1 aromatic heterocycles. The van der Waals surface area contributed by atoms with Crippen molar-refractivity contribution in [2.75, 3.05) is 13.1 Å². The van der Waals surface area contributed by atoms with Crippen molar-refractivity contribution >= 4 is 22.7 Å². The molecule has 2 amide bonds. The van der Waals surface area contributed by atoms with E-state index in [1.807, 2.05) is 19.1 Å². The van der Waals surface area contributed by atoms with Crippen molar-refractivity contribution in [2.45, 2.75) is 45.2 Å². The van der Waals surface area contributed by atoms with Crippen molar-refractivity contribution in [3.05, 3.63) is 40.9 Å². The fourth-order valence-electron chi connectivity index (χ4n) is 3.39. The van der Waals surface area contributed by atoms with Crippen LogP contribution in [0.4, 0.5) is 0 Å². The van der Waals surface area contributed by atoms with Gasteiger partial charge in [0.15, 0.2) is 0 Å². The number of aromatic nitrogens is 2. The summed E-state index contributed by atoms with van der Waals surface area (Å²) in [6.07, 6.45) is 2.91. The first-order chi connectivity index (χ1) is 12.5. The molecule has 2 aromatic rings. The van der Waals surface area contributed by atoms with Crippen LogP contribution in [0, 0.1) is 0 Å². The number of benzene rings is 1. The van der Waals surface area contributed by atoms with Crippen LogP contribution < -0.4 is 10.9 Å². The molecule has 1 atom stereocenters. The Morgan fingerprint density at radius 2 is 2.08 bits per heavy atom. The summed E-state index contributed by atoms with van der Waals surface area (Å²) in [6.45, 7) is 5.13. The minimum absolute atomic E-state index is 0.0500. The van der Waals surface area contributed by atoms with Gasteiger partial charge in [0.05, 0.1) is 17.2 Å². The number of carbonyl (C=O) groups is 2. The average Bonchev–Trinajstić information content (AvgIpc) is 2.66. The van der Waals surface area contributed by atoms with Crippen LogP contribution in [0.1, 0.15) is 33.1 Å². The quantitative estimate of drug-likeness (QED) is 0.875. The minimum atomic E-state index is -0.795. The summed E-state index contributed by atoms with van der Waals surface area (Å²) in [6, 6.07) is 7.21. The van der Waals surface area contributed by atoms with Gasteiger partial charge in [0, 0.05) is 26.1 Å². The number of aryl methyl sites for hydroxylation is 1. The number of amides is 2. The first-order valence-corrected chi connectivity index (χ1v) is 9.00. The molecule has 1 aliphatic rings. The highest BCUT2D eigenvalue weighted by Crippen LogP contribution is 2.23. The van der Waals surface area contributed by atoms with Gasteiger partial charge < -0.3 is 10.2 Å². The van der Waals surface area contributed by atoms with E-state index < -0.39 is 5.54 Å². The molecule has 0 bridgehead atoms. The third-order valence-electron chi connectivity index (χ3n) is 5.22. The molecule has 1 saturated heterocycles. The van der Waals surface area contributed by atoms with Crippen LogP contribution in [0.2, 0.25) is 0 Å². The molecule has 7 heteroatoms. The summed E-state index contributed by atoms with van der Waals surface area (Å²) in [4.78, 5) is 43.3. The topological polar surface area (TPSA) is 84.3 Å². The van der Waals surface area contributed by atoms with E-state index in [1.54, 1.807) is 24.0 Å². The summed E-state index contributed by atoms with van der Waals surface area (Å²) in [5.74, 6) is -0.152. The Morgan fingerprint density at radius 1 is 1.31 bits per heavy atom. The van der Waals surface area contributed by atoms with Crippen LogP contribution in [0.3, 0.4) is 0 Å². The number of piperazine rings is 1. The second-order valence-corrected chi connectivity index (χ2v) is 6.79. The van der Waals surface area contributed by atoms with Crippen molar-refractivity contribution in [3.8, 4) is 0 Å². The largest absolute Gasteiger partial charge is 0.352 e. The lowest BCUT2D eigenvalue weighted by molar-refractivity contribution is -0.150. The van der Waals surface area contributed by atoms with Crippen LogP contribution >= 0.6 is 0 Å². The van der Waals surface area contributed by atoms with Gasteiger partial charge in [-0.2, -0.15) is 0 Å². The highest BCUT2D eigenvalue weighted by molar-refractivity contribution is 5.92. The van der Waals surface area contributed by atoms with E-state index in [0.29, 0.717) is 49.8 Å². The molecular formula is C19H24N4O3. The second-order valence-electron chi connectivity index (χ2n) is 6.79. The van der Waals surface area contributed by atoms with Gasteiger partial charge in [0.25, 0.3) is 5.56 Å². The molecule has 1 unspecified atom stereocenters. The van der Waals surface area contributed by atoms with E-state index >= 15 is 0 Å². The summed E-state index contributed by atoms with van der Waals surface area (Å²) < 4.78 is 1.54. The fraction of sp³-hybridized carbons (Fsp3) is 0.474. The highest BCUT2D eigenvalue weighted by atomic mass is 16.2. The van der Waals surface area contributed by atoms with Crippen LogP contribution in [0.15, 0.2) is 35.4 Å². The Labute approximate surface area is 152 Å². The van der Waals surface area contributed by atoms with Crippen LogP contribution in [-0.4, -0.2) is 44.9 Å². The molecular weight excluding hydrogens is 332 g/mol. The molecule has 1 aromatic carbocycles.